The first-order valence-electron chi connectivity index (χ1n) is 10.1. The van der Waals surface area contributed by atoms with Gasteiger partial charge in [0.15, 0.2) is 9.84 Å². The molecule has 1 atom stereocenters. The first-order chi connectivity index (χ1) is 15.4. The van der Waals surface area contributed by atoms with Gasteiger partial charge in [-0.05, 0) is 31.5 Å². The Hall–Kier alpha value is -3.11. The minimum Gasteiger partial charge on any atom is -0.506 e. The number of anilines is 2. The van der Waals surface area contributed by atoms with Crippen molar-refractivity contribution in [1.82, 2.24) is 0 Å². The van der Waals surface area contributed by atoms with Crippen LogP contribution in [-0.4, -0.2) is 41.5 Å². The molecule has 0 fully saturated rings. The van der Waals surface area contributed by atoms with Crippen LogP contribution < -0.4 is 10.6 Å². The quantitative estimate of drug-likeness (QED) is 0.189. The molecule has 0 saturated carbocycles. The number of amides is 2. The number of hydrogen-bond donors (Lipinski definition) is 4. The smallest absolute Gasteiger partial charge is 0.273 e. The Morgan fingerprint density at radius 1 is 1.09 bits per heavy atom. The molecule has 0 heterocycles. The highest BCUT2D eigenvalue weighted by atomic mass is 35.5. The fourth-order valence-corrected chi connectivity index (χ4v) is 4.85. The maximum atomic E-state index is 13.0. The molecule has 0 aliphatic rings. The van der Waals surface area contributed by atoms with Crippen LogP contribution in [0.15, 0.2) is 46.4 Å². The molecule has 0 aliphatic carbocycles. The molecule has 11 heteroatoms. The van der Waals surface area contributed by atoms with Gasteiger partial charge >= 0.3 is 0 Å². The van der Waals surface area contributed by atoms with Crippen LogP contribution in [0.25, 0.3) is 0 Å². The monoisotopic (exact) mass is 495 g/mol. The number of oxime groups is 1. The summed E-state index contributed by atoms with van der Waals surface area (Å²) in [6, 6.07) is 8.45. The molecule has 1 unspecified atom stereocenters. The molecule has 0 spiro atoms. The summed E-state index contributed by atoms with van der Waals surface area (Å²) in [4.78, 5) is 25.1. The van der Waals surface area contributed by atoms with Crippen molar-refractivity contribution in [1.29, 1.82) is 0 Å². The Morgan fingerprint density at radius 3 is 2.21 bits per heavy atom. The van der Waals surface area contributed by atoms with Crippen LogP contribution in [0.1, 0.15) is 32.8 Å². The highest BCUT2D eigenvalue weighted by Crippen LogP contribution is 2.34. The van der Waals surface area contributed by atoms with E-state index in [1.807, 2.05) is 6.92 Å². The summed E-state index contributed by atoms with van der Waals surface area (Å²) >= 11 is 6.20. The van der Waals surface area contributed by atoms with E-state index in [-0.39, 0.29) is 39.3 Å². The van der Waals surface area contributed by atoms with Crippen LogP contribution in [0.4, 0.5) is 11.4 Å². The van der Waals surface area contributed by atoms with Gasteiger partial charge in [0.2, 0.25) is 5.91 Å². The average Bonchev–Trinajstić information content (AvgIpc) is 2.72. The zero-order valence-electron chi connectivity index (χ0n) is 18.6. The van der Waals surface area contributed by atoms with Gasteiger partial charge in [-0.25, -0.2) is 8.42 Å². The molecule has 2 rings (SSSR count). The number of phenols is 1. The van der Waals surface area contributed by atoms with Crippen LogP contribution in [0.2, 0.25) is 5.02 Å². The number of sulfone groups is 1. The molecule has 178 valence electrons. The number of hydrogen-bond acceptors (Lipinski definition) is 7. The van der Waals surface area contributed by atoms with Gasteiger partial charge in [-0.15, -0.1) is 0 Å². The van der Waals surface area contributed by atoms with Gasteiger partial charge in [-0.3, -0.25) is 9.59 Å². The lowest BCUT2D eigenvalue weighted by Gasteiger charge is -2.18. The van der Waals surface area contributed by atoms with E-state index < -0.39 is 32.7 Å². The van der Waals surface area contributed by atoms with E-state index in [1.54, 1.807) is 32.9 Å². The van der Waals surface area contributed by atoms with Gasteiger partial charge in [0.25, 0.3) is 5.91 Å². The molecular formula is C22H26ClN3O6S. The van der Waals surface area contributed by atoms with Gasteiger partial charge in [0.1, 0.15) is 16.7 Å². The van der Waals surface area contributed by atoms with Crippen LogP contribution in [0, 0.1) is 12.8 Å². The predicted octanol–water partition coefficient (Wildman–Crippen LogP) is 3.97. The standard InChI is InChI=1S/C22H26ClN3O6S/c1-5-19(33(31,32)14-8-6-13(4)7-9-14)21(28)24-16-11-18(27)17(10-15(16)23)25-22(29)20(26-30)12(2)3/h6-12,19,27,30H,5H2,1-4H3,(H,24,28)(H,25,29)/b26-20+. The van der Waals surface area contributed by atoms with Crippen molar-refractivity contribution in [2.45, 2.75) is 44.3 Å². The molecule has 0 bridgehead atoms. The van der Waals surface area contributed by atoms with E-state index in [2.05, 4.69) is 15.8 Å². The summed E-state index contributed by atoms with van der Waals surface area (Å²) in [6.07, 6.45) is 0.0122. The fraction of sp³-hybridized carbons (Fsp3) is 0.318. The zero-order valence-corrected chi connectivity index (χ0v) is 20.2. The molecule has 9 nitrogen and oxygen atoms in total. The van der Waals surface area contributed by atoms with E-state index >= 15 is 0 Å². The van der Waals surface area contributed by atoms with Gasteiger partial charge < -0.3 is 20.9 Å². The normalized spacial score (nSPS) is 13.0. The second kappa shape index (κ2) is 10.7. The number of halogens is 1. The number of nitrogens with zero attached hydrogens (tertiary/aromatic N) is 1. The number of benzene rings is 2. The van der Waals surface area contributed by atoms with E-state index in [9.17, 15) is 23.1 Å². The molecular weight excluding hydrogens is 470 g/mol. The highest BCUT2D eigenvalue weighted by Gasteiger charge is 2.33. The van der Waals surface area contributed by atoms with Crippen molar-refractivity contribution in [2.75, 3.05) is 10.6 Å². The number of aromatic hydroxyl groups is 1. The Labute approximate surface area is 197 Å². The van der Waals surface area contributed by atoms with Crippen LogP contribution >= 0.6 is 11.6 Å². The van der Waals surface area contributed by atoms with Crippen molar-refractivity contribution in [3.63, 3.8) is 0 Å². The van der Waals surface area contributed by atoms with Crippen molar-refractivity contribution >= 4 is 50.3 Å². The largest absolute Gasteiger partial charge is 0.506 e. The molecule has 0 radical (unpaired) electrons. The summed E-state index contributed by atoms with van der Waals surface area (Å²) in [5.41, 5.74) is 0.611. The summed E-state index contributed by atoms with van der Waals surface area (Å²) in [7, 11) is -3.97. The zero-order chi connectivity index (χ0) is 24.9. The second-order valence-electron chi connectivity index (χ2n) is 7.69. The fourth-order valence-electron chi connectivity index (χ4n) is 3.02. The van der Waals surface area contributed by atoms with Gasteiger partial charge in [0.05, 0.1) is 21.3 Å². The van der Waals surface area contributed by atoms with Crippen molar-refractivity contribution < 1.29 is 28.3 Å². The lowest BCUT2D eigenvalue weighted by molar-refractivity contribution is -0.116. The average molecular weight is 496 g/mol. The van der Waals surface area contributed by atoms with Crippen molar-refractivity contribution in [2.24, 2.45) is 11.1 Å². The molecule has 0 saturated heterocycles. The third kappa shape index (κ3) is 6.02. The number of aryl methyl sites for hydroxylation is 1. The minimum absolute atomic E-state index is 0.0122. The maximum Gasteiger partial charge on any atom is 0.273 e. The molecule has 0 aliphatic heterocycles. The molecule has 0 aromatic heterocycles. The predicted molar refractivity (Wildman–Crippen MR) is 127 cm³/mol. The number of phenolic OH excluding ortho intramolecular Hbond substituents is 1. The number of rotatable bonds is 8. The van der Waals surface area contributed by atoms with E-state index in [4.69, 9.17) is 16.8 Å². The molecule has 2 aromatic rings. The third-order valence-corrected chi connectivity index (χ3v) is 7.40. The number of carbonyl (C=O) groups excluding carboxylic acids is 2. The molecule has 4 N–H and O–H groups in total. The van der Waals surface area contributed by atoms with E-state index in [0.717, 1.165) is 11.6 Å². The second-order valence-corrected chi connectivity index (χ2v) is 10.2. The number of carbonyl (C=O) groups is 2. The van der Waals surface area contributed by atoms with E-state index in [0.29, 0.717) is 0 Å². The van der Waals surface area contributed by atoms with Crippen LogP contribution in [0.3, 0.4) is 0 Å². The first kappa shape index (κ1) is 26.1. The molecule has 2 aromatic carbocycles. The summed E-state index contributed by atoms with van der Waals surface area (Å²) in [5, 5.41) is 25.6. The first-order valence-corrected chi connectivity index (χ1v) is 12.0. The Kier molecular flexibility index (Phi) is 8.45. The van der Waals surface area contributed by atoms with E-state index in [1.165, 1.54) is 18.2 Å². The van der Waals surface area contributed by atoms with Crippen molar-refractivity contribution in [3.05, 3.63) is 47.0 Å². The van der Waals surface area contributed by atoms with Crippen LogP contribution in [0.5, 0.6) is 5.75 Å². The summed E-state index contributed by atoms with van der Waals surface area (Å²) < 4.78 is 25.9. The summed E-state index contributed by atoms with van der Waals surface area (Å²) in [6.45, 7) is 6.69. The third-order valence-electron chi connectivity index (χ3n) is 4.87. The SMILES string of the molecule is CCC(C(=O)Nc1cc(O)c(NC(=O)/C(=N/O)C(C)C)cc1Cl)S(=O)(=O)c1ccc(C)cc1. The lowest BCUT2D eigenvalue weighted by Crippen LogP contribution is -2.34. The number of nitrogens with one attached hydrogen (secondary N) is 2. The van der Waals surface area contributed by atoms with Gasteiger partial charge in [-0.2, -0.15) is 0 Å². The van der Waals surface area contributed by atoms with Crippen LogP contribution in [-0.2, 0) is 19.4 Å². The van der Waals surface area contributed by atoms with Crippen molar-refractivity contribution in [3.8, 4) is 5.75 Å². The van der Waals surface area contributed by atoms with Gasteiger partial charge in [0, 0.05) is 12.0 Å². The molecule has 33 heavy (non-hydrogen) atoms. The summed E-state index contributed by atoms with van der Waals surface area (Å²) in [5.74, 6) is -2.37. The lowest BCUT2D eigenvalue weighted by atomic mass is 10.1. The molecule has 2 amide bonds. The maximum absolute atomic E-state index is 13.0. The highest BCUT2D eigenvalue weighted by molar-refractivity contribution is 7.92. The minimum atomic E-state index is -3.97. The topological polar surface area (TPSA) is 145 Å². The Morgan fingerprint density at radius 2 is 1.70 bits per heavy atom. The Balaban J connectivity index is 2.27. The van der Waals surface area contributed by atoms with Gasteiger partial charge in [-0.1, -0.05) is 55.2 Å². The Bertz CT molecular complexity index is 1180.